The molecule has 0 radical (unpaired) electrons. The maximum absolute atomic E-state index is 12.1. The Morgan fingerprint density at radius 1 is 0.828 bits per heavy atom. The van der Waals surface area contributed by atoms with E-state index >= 15 is 0 Å². The van der Waals surface area contributed by atoms with Gasteiger partial charge in [-0.15, -0.1) is 0 Å². The SMILES string of the molecule is CCCCc1cc(C(=O)OC)[nH]c1C(CC)c1[nH]c(C(=O)OC)cc1CCCC. The maximum atomic E-state index is 12.1. The monoisotopic (exact) mass is 402 g/mol. The molecule has 2 N–H and O–H groups in total. The van der Waals surface area contributed by atoms with Crippen LogP contribution in [-0.4, -0.2) is 36.1 Å². The van der Waals surface area contributed by atoms with E-state index in [-0.39, 0.29) is 17.9 Å². The number of unbranched alkanes of at least 4 members (excludes halogenated alkanes) is 2. The van der Waals surface area contributed by atoms with E-state index in [1.54, 1.807) is 0 Å². The molecular weight excluding hydrogens is 368 g/mol. The molecule has 2 aromatic rings. The molecule has 6 nitrogen and oxygen atoms in total. The van der Waals surface area contributed by atoms with E-state index < -0.39 is 0 Å². The van der Waals surface area contributed by atoms with Crippen LogP contribution in [0.1, 0.15) is 102 Å². The topological polar surface area (TPSA) is 84.2 Å². The fraction of sp³-hybridized carbons (Fsp3) is 0.565. The van der Waals surface area contributed by atoms with Gasteiger partial charge in [0.1, 0.15) is 11.4 Å². The van der Waals surface area contributed by atoms with Gasteiger partial charge < -0.3 is 19.4 Å². The Morgan fingerprint density at radius 3 is 1.55 bits per heavy atom. The van der Waals surface area contributed by atoms with Crippen molar-refractivity contribution in [1.29, 1.82) is 0 Å². The lowest BCUT2D eigenvalue weighted by Gasteiger charge is -2.17. The number of carbonyl (C=O) groups is 2. The van der Waals surface area contributed by atoms with Crippen molar-refractivity contribution >= 4 is 11.9 Å². The van der Waals surface area contributed by atoms with Crippen molar-refractivity contribution in [3.05, 3.63) is 46.0 Å². The predicted molar refractivity (Wildman–Crippen MR) is 114 cm³/mol. The minimum absolute atomic E-state index is 0.0329. The lowest BCUT2D eigenvalue weighted by atomic mass is 9.90. The van der Waals surface area contributed by atoms with E-state index in [9.17, 15) is 9.59 Å². The number of nitrogens with one attached hydrogen (secondary N) is 2. The molecule has 2 heterocycles. The van der Waals surface area contributed by atoms with E-state index in [4.69, 9.17) is 9.47 Å². The second-order valence-electron chi connectivity index (χ2n) is 7.39. The molecule has 0 aromatic carbocycles. The van der Waals surface area contributed by atoms with Gasteiger partial charge in [0.25, 0.3) is 0 Å². The summed E-state index contributed by atoms with van der Waals surface area (Å²) in [5.74, 6) is -0.695. The largest absolute Gasteiger partial charge is 0.464 e. The van der Waals surface area contributed by atoms with Gasteiger partial charge in [-0.05, 0) is 55.4 Å². The lowest BCUT2D eigenvalue weighted by Crippen LogP contribution is -2.09. The van der Waals surface area contributed by atoms with Crippen molar-refractivity contribution in [1.82, 2.24) is 9.97 Å². The average Bonchev–Trinajstić information content (AvgIpc) is 3.35. The summed E-state index contributed by atoms with van der Waals surface area (Å²) in [6.45, 7) is 6.43. The van der Waals surface area contributed by atoms with Gasteiger partial charge in [-0.1, -0.05) is 33.6 Å². The molecule has 6 heteroatoms. The fourth-order valence-corrected chi connectivity index (χ4v) is 3.79. The number of ether oxygens (including phenoxy) is 2. The Kier molecular flexibility index (Phi) is 8.55. The number of esters is 2. The van der Waals surface area contributed by atoms with Gasteiger partial charge in [-0.3, -0.25) is 0 Å². The van der Waals surface area contributed by atoms with Crippen LogP contribution in [-0.2, 0) is 22.3 Å². The molecule has 0 saturated heterocycles. The van der Waals surface area contributed by atoms with Crippen LogP contribution in [0.25, 0.3) is 0 Å². The van der Waals surface area contributed by atoms with Crippen LogP contribution in [0.3, 0.4) is 0 Å². The Labute approximate surface area is 173 Å². The molecule has 0 spiro atoms. The highest BCUT2D eigenvalue weighted by Crippen LogP contribution is 2.34. The fourth-order valence-electron chi connectivity index (χ4n) is 3.79. The van der Waals surface area contributed by atoms with Crippen molar-refractivity contribution in [2.45, 2.75) is 71.6 Å². The highest BCUT2D eigenvalue weighted by Gasteiger charge is 2.26. The van der Waals surface area contributed by atoms with Crippen molar-refractivity contribution in [2.75, 3.05) is 14.2 Å². The number of aromatic nitrogens is 2. The first-order valence-electron chi connectivity index (χ1n) is 10.6. The summed E-state index contributed by atoms with van der Waals surface area (Å²) in [5.41, 5.74) is 5.27. The second kappa shape index (κ2) is 10.9. The predicted octanol–water partition coefficient (Wildman–Crippen LogP) is 5.14. The Bertz CT molecular complexity index is 753. The first kappa shape index (κ1) is 22.8. The van der Waals surface area contributed by atoms with Crippen LogP contribution in [0.5, 0.6) is 0 Å². The molecule has 0 aliphatic carbocycles. The lowest BCUT2D eigenvalue weighted by molar-refractivity contribution is 0.0586. The number of H-pyrrole nitrogens is 2. The molecular formula is C23H34N2O4. The molecule has 0 fully saturated rings. The number of hydrogen-bond acceptors (Lipinski definition) is 4. The summed E-state index contributed by atoms with van der Waals surface area (Å²) in [4.78, 5) is 30.9. The van der Waals surface area contributed by atoms with Gasteiger partial charge in [-0.2, -0.15) is 0 Å². The molecule has 0 bridgehead atoms. The van der Waals surface area contributed by atoms with Crippen molar-refractivity contribution < 1.29 is 19.1 Å². The van der Waals surface area contributed by atoms with Crippen molar-refractivity contribution in [3.63, 3.8) is 0 Å². The zero-order valence-electron chi connectivity index (χ0n) is 18.3. The van der Waals surface area contributed by atoms with Crippen LogP contribution < -0.4 is 0 Å². The molecule has 160 valence electrons. The smallest absolute Gasteiger partial charge is 0.354 e. The summed E-state index contributed by atoms with van der Waals surface area (Å²) in [5, 5.41) is 0. The van der Waals surface area contributed by atoms with Crippen LogP contribution in [0.15, 0.2) is 12.1 Å². The van der Waals surface area contributed by atoms with Gasteiger partial charge in [-0.25, -0.2) is 9.59 Å². The number of carbonyl (C=O) groups excluding carboxylic acids is 2. The average molecular weight is 403 g/mol. The molecule has 0 aliphatic heterocycles. The van der Waals surface area contributed by atoms with Crippen molar-refractivity contribution in [2.24, 2.45) is 0 Å². The highest BCUT2D eigenvalue weighted by molar-refractivity contribution is 5.88. The van der Waals surface area contributed by atoms with Crippen LogP contribution in [0.2, 0.25) is 0 Å². The zero-order valence-corrected chi connectivity index (χ0v) is 18.3. The highest BCUT2D eigenvalue weighted by atomic mass is 16.5. The first-order valence-corrected chi connectivity index (χ1v) is 10.6. The summed E-state index contributed by atoms with van der Waals surface area (Å²) in [6.07, 6.45) is 6.86. The number of methoxy groups -OCH3 is 2. The van der Waals surface area contributed by atoms with E-state index in [1.807, 2.05) is 12.1 Å². The van der Waals surface area contributed by atoms with Crippen LogP contribution in [0, 0.1) is 0 Å². The van der Waals surface area contributed by atoms with Gasteiger partial charge in [0.2, 0.25) is 0 Å². The Morgan fingerprint density at radius 2 is 1.24 bits per heavy atom. The van der Waals surface area contributed by atoms with Gasteiger partial charge >= 0.3 is 11.9 Å². The van der Waals surface area contributed by atoms with Crippen LogP contribution >= 0.6 is 0 Å². The van der Waals surface area contributed by atoms with Crippen molar-refractivity contribution in [3.8, 4) is 0 Å². The Balaban J connectivity index is 2.53. The van der Waals surface area contributed by atoms with Gasteiger partial charge in [0, 0.05) is 17.3 Å². The summed E-state index contributed by atoms with van der Waals surface area (Å²) < 4.78 is 9.83. The molecule has 2 aromatic heterocycles. The first-order chi connectivity index (χ1) is 14.0. The van der Waals surface area contributed by atoms with Crippen LogP contribution in [0.4, 0.5) is 0 Å². The minimum atomic E-state index is -0.364. The van der Waals surface area contributed by atoms with E-state index in [0.717, 1.165) is 67.5 Å². The third kappa shape index (κ3) is 5.31. The van der Waals surface area contributed by atoms with E-state index in [1.165, 1.54) is 14.2 Å². The molecule has 2 rings (SSSR count). The summed E-state index contributed by atoms with van der Waals surface area (Å²) in [6, 6.07) is 3.82. The molecule has 0 atom stereocenters. The van der Waals surface area contributed by atoms with Gasteiger partial charge in [0.05, 0.1) is 14.2 Å². The number of aromatic amines is 2. The summed E-state index contributed by atoms with van der Waals surface area (Å²) >= 11 is 0. The zero-order chi connectivity index (χ0) is 21.4. The van der Waals surface area contributed by atoms with Gasteiger partial charge in [0.15, 0.2) is 0 Å². The molecule has 0 unspecified atom stereocenters. The normalized spacial score (nSPS) is 11.1. The molecule has 0 amide bonds. The second-order valence-corrected chi connectivity index (χ2v) is 7.39. The third-order valence-electron chi connectivity index (χ3n) is 5.38. The standard InChI is InChI=1S/C23H34N2O4/c1-6-9-11-15-13-18(22(26)28-4)24-20(15)17(8-3)21-16(12-10-7-2)14-19(25-21)23(27)29-5/h13-14,17,24-25H,6-12H2,1-5H3. The third-order valence-corrected chi connectivity index (χ3v) is 5.38. The van der Waals surface area contributed by atoms with E-state index in [2.05, 4.69) is 30.7 Å². The molecule has 0 aliphatic rings. The number of aryl methyl sites for hydroxylation is 2. The molecule has 0 saturated carbocycles. The van der Waals surface area contributed by atoms with E-state index in [0.29, 0.717) is 11.4 Å². The number of rotatable bonds is 11. The quantitative estimate of drug-likeness (QED) is 0.510. The summed E-state index contributed by atoms with van der Waals surface area (Å²) in [7, 11) is 2.78. The number of hydrogen-bond donors (Lipinski definition) is 2. The minimum Gasteiger partial charge on any atom is -0.464 e. The molecule has 29 heavy (non-hydrogen) atoms. The Hall–Kier alpha value is -2.50. The maximum Gasteiger partial charge on any atom is 0.354 e.